The number of imide groups is 1. The molecule has 0 saturated heterocycles. The third kappa shape index (κ3) is 1.98. The molecule has 0 atom stereocenters. The lowest BCUT2D eigenvalue weighted by atomic mass is 10.3. The predicted molar refractivity (Wildman–Crippen MR) is 82.8 cm³/mol. The van der Waals surface area contributed by atoms with Crippen LogP contribution in [0.25, 0.3) is 11.4 Å². The van der Waals surface area contributed by atoms with Crippen molar-refractivity contribution in [1.82, 2.24) is 19.6 Å². The fourth-order valence-electron chi connectivity index (χ4n) is 2.53. The highest BCUT2D eigenvalue weighted by Gasteiger charge is 2.42. The Hall–Kier alpha value is -3.48. The monoisotopic (exact) mass is 305 g/mol. The second-order valence-corrected chi connectivity index (χ2v) is 4.88. The minimum absolute atomic E-state index is 0.174. The van der Waals surface area contributed by atoms with E-state index in [4.69, 9.17) is 0 Å². The van der Waals surface area contributed by atoms with Crippen molar-refractivity contribution in [3.8, 4) is 0 Å². The van der Waals surface area contributed by atoms with Gasteiger partial charge in [0.1, 0.15) is 0 Å². The number of hydrogen-bond acceptors (Lipinski definition) is 4. The Bertz CT molecular complexity index is 839. The van der Waals surface area contributed by atoms with E-state index in [1.54, 1.807) is 61.2 Å². The smallest absolute Gasteiger partial charge is 0.266 e. The second kappa shape index (κ2) is 5.06. The molecule has 0 saturated carbocycles. The van der Waals surface area contributed by atoms with Gasteiger partial charge in [0, 0.05) is 24.8 Å². The lowest BCUT2D eigenvalue weighted by molar-refractivity contribution is -0.119. The zero-order valence-corrected chi connectivity index (χ0v) is 11.9. The Balaban J connectivity index is 1.91. The number of carbonyl (C=O) groups excluding carboxylic acids is 2. The molecule has 0 spiro atoms. The first kappa shape index (κ1) is 13.2. The topological polar surface area (TPSA) is 73.0 Å². The number of rotatable bonds is 3. The number of aromatic nitrogens is 4. The average Bonchev–Trinajstić information content (AvgIpc) is 3.29. The molecule has 2 amide bonds. The van der Waals surface area contributed by atoms with Crippen molar-refractivity contribution in [3.63, 3.8) is 0 Å². The molecule has 0 unspecified atom stereocenters. The van der Waals surface area contributed by atoms with Crippen LogP contribution in [0.3, 0.4) is 0 Å². The van der Waals surface area contributed by atoms with Gasteiger partial charge in [0.15, 0.2) is 11.4 Å². The molecule has 3 heterocycles. The van der Waals surface area contributed by atoms with Gasteiger partial charge in [-0.25, -0.2) is 14.3 Å². The van der Waals surface area contributed by atoms with Crippen molar-refractivity contribution in [2.24, 2.45) is 0 Å². The highest BCUT2D eigenvalue weighted by atomic mass is 16.2. The van der Waals surface area contributed by atoms with Crippen LogP contribution in [0.15, 0.2) is 67.3 Å². The third-order valence-electron chi connectivity index (χ3n) is 3.52. The molecule has 0 aliphatic carbocycles. The number of nitrogens with zero attached hydrogens (tertiary/aromatic N) is 5. The summed E-state index contributed by atoms with van der Waals surface area (Å²) in [6, 6.07) is 12.2. The quantitative estimate of drug-likeness (QED) is 0.687. The maximum absolute atomic E-state index is 12.9. The molecule has 4 rings (SSSR count). The van der Waals surface area contributed by atoms with Crippen molar-refractivity contribution in [1.29, 1.82) is 0 Å². The molecule has 0 N–H and O–H groups in total. The van der Waals surface area contributed by atoms with E-state index >= 15 is 0 Å². The van der Waals surface area contributed by atoms with Crippen LogP contribution in [0.1, 0.15) is 0 Å². The highest BCUT2D eigenvalue weighted by molar-refractivity contribution is 6.52. The average molecular weight is 305 g/mol. The first-order valence-corrected chi connectivity index (χ1v) is 6.95. The number of para-hydroxylation sites is 1. The van der Waals surface area contributed by atoms with Crippen molar-refractivity contribution in [2.75, 3.05) is 4.90 Å². The first-order chi connectivity index (χ1) is 11.3. The summed E-state index contributed by atoms with van der Waals surface area (Å²) in [6.07, 6.45) is 6.35. The number of benzene rings is 1. The highest BCUT2D eigenvalue weighted by Crippen LogP contribution is 2.31. The standard InChI is InChI=1S/C16H11N5O2/c22-15-13(19-10-4-8-17-19)14(20-11-5-9-18-20)16(23)21(15)12-6-2-1-3-7-12/h1-11H. The van der Waals surface area contributed by atoms with Crippen LogP contribution in [0, 0.1) is 0 Å². The van der Waals surface area contributed by atoms with Crippen molar-refractivity contribution >= 4 is 28.9 Å². The van der Waals surface area contributed by atoms with Gasteiger partial charge in [0.05, 0.1) is 5.69 Å². The van der Waals surface area contributed by atoms with E-state index in [1.807, 2.05) is 6.07 Å². The molecule has 112 valence electrons. The molecule has 23 heavy (non-hydrogen) atoms. The van der Waals surface area contributed by atoms with Gasteiger partial charge in [-0.15, -0.1) is 0 Å². The Kier molecular flexibility index (Phi) is 2.90. The van der Waals surface area contributed by atoms with Crippen LogP contribution in [-0.2, 0) is 9.59 Å². The molecule has 1 aromatic carbocycles. The van der Waals surface area contributed by atoms with E-state index in [0.29, 0.717) is 5.69 Å². The summed E-state index contributed by atoms with van der Waals surface area (Å²) < 4.78 is 2.78. The minimum atomic E-state index is -0.435. The van der Waals surface area contributed by atoms with Gasteiger partial charge in [-0.2, -0.15) is 10.2 Å². The van der Waals surface area contributed by atoms with Gasteiger partial charge in [0.25, 0.3) is 11.8 Å². The summed E-state index contributed by atoms with van der Waals surface area (Å²) >= 11 is 0. The van der Waals surface area contributed by atoms with E-state index in [2.05, 4.69) is 10.2 Å². The summed E-state index contributed by atoms with van der Waals surface area (Å²) in [5.41, 5.74) is 0.856. The fourth-order valence-corrected chi connectivity index (χ4v) is 2.53. The van der Waals surface area contributed by atoms with Gasteiger partial charge in [-0.3, -0.25) is 9.59 Å². The van der Waals surface area contributed by atoms with E-state index in [0.717, 1.165) is 4.90 Å². The summed E-state index contributed by atoms with van der Waals surface area (Å²) in [6.45, 7) is 0. The molecule has 0 radical (unpaired) electrons. The van der Waals surface area contributed by atoms with E-state index in [-0.39, 0.29) is 11.4 Å². The summed E-state index contributed by atoms with van der Waals surface area (Å²) in [5, 5.41) is 8.18. The van der Waals surface area contributed by atoms with E-state index in [1.165, 1.54) is 9.36 Å². The number of anilines is 1. The Morgan fingerprint density at radius 3 is 1.65 bits per heavy atom. The lowest BCUT2D eigenvalue weighted by Gasteiger charge is -2.14. The number of amides is 2. The first-order valence-electron chi connectivity index (χ1n) is 6.95. The molecular formula is C16H11N5O2. The van der Waals surface area contributed by atoms with Crippen LogP contribution in [0.2, 0.25) is 0 Å². The van der Waals surface area contributed by atoms with E-state index in [9.17, 15) is 9.59 Å². The fraction of sp³-hybridized carbons (Fsp3) is 0. The van der Waals surface area contributed by atoms with Crippen molar-refractivity contribution < 1.29 is 9.59 Å². The van der Waals surface area contributed by atoms with Gasteiger partial charge in [0.2, 0.25) is 0 Å². The second-order valence-electron chi connectivity index (χ2n) is 4.88. The Labute approximate surface area is 131 Å². The summed E-state index contributed by atoms with van der Waals surface area (Å²) in [5.74, 6) is -0.870. The van der Waals surface area contributed by atoms with Gasteiger partial charge in [-0.1, -0.05) is 18.2 Å². The molecule has 7 heteroatoms. The maximum Gasteiger partial charge on any atom is 0.286 e. The van der Waals surface area contributed by atoms with Crippen LogP contribution < -0.4 is 4.90 Å². The number of hydrogen-bond donors (Lipinski definition) is 0. The maximum atomic E-state index is 12.9. The van der Waals surface area contributed by atoms with E-state index < -0.39 is 11.8 Å². The molecule has 0 bridgehead atoms. The predicted octanol–water partition coefficient (Wildman–Crippen LogP) is 1.48. The molecule has 1 aliphatic rings. The SMILES string of the molecule is O=C1C(n2cccn2)=C(n2cccn2)C(=O)N1c1ccccc1. The summed E-state index contributed by atoms with van der Waals surface area (Å²) in [7, 11) is 0. The lowest BCUT2D eigenvalue weighted by Crippen LogP contribution is -2.32. The van der Waals surface area contributed by atoms with Gasteiger partial charge < -0.3 is 0 Å². The molecular weight excluding hydrogens is 294 g/mol. The Morgan fingerprint density at radius 1 is 0.696 bits per heavy atom. The normalized spacial score (nSPS) is 14.9. The van der Waals surface area contributed by atoms with Crippen LogP contribution in [0.4, 0.5) is 5.69 Å². The van der Waals surface area contributed by atoms with Gasteiger partial charge in [-0.05, 0) is 24.3 Å². The van der Waals surface area contributed by atoms with Gasteiger partial charge >= 0.3 is 0 Å². The number of carbonyl (C=O) groups is 2. The zero-order chi connectivity index (χ0) is 15.8. The Morgan fingerprint density at radius 2 is 1.22 bits per heavy atom. The van der Waals surface area contributed by atoms with Crippen LogP contribution in [0.5, 0.6) is 0 Å². The molecule has 3 aromatic rings. The molecule has 7 nitrogen and oxygen atoms in total. The molecule has 0 fully saturated rings. The zero-order valence-electron chi connectivity index (χ0n) is 11.9. The molecule has 1 aliphatic heterocycles. The third-order valence-corrected chi connectivity index (χ3v) is 3.52. The molecule has 2 aromatic heterocycles. The van der Waals surface area contributed by atoms with Crippen molar-refractivity contribution in [2.45, 2.75) is 0 Å². The summed E-state index contributed by atoms with van der Waals surface area (Å²) in [4.78, 5) is 26.9. The largest absolute Gasteiger partial charge is 0.286 e. The van der Waals surface area contributed by atoms with Crippen LogP contribution >= 0.6 is 0 Å². The van der Waals surface area contributed by atoms with Crippen LogP contribution in [-0.4, -0.2) is 31.4 Å². The minimum Gasteiger partial charge on any atom is -0.266 e. The van der Waals surface area contributed by atoms with Crippen molar-refractivity contribution in [3.05, 3.63) is 67.3 Å².